The van der Waals surface area contributed by atoms with Crippen LogP contribution < -0.4 is 10.1 Å². The third kappa shape index (κ3) is 4.13. The van der Waals surface area contributed by atoms with Crippen molar-refractivity contribution in [1.29, 1.82) is 0 Å². The molecule has 1 aromatic carbocycles. The Kier molecular flexibility index (Phi) is 4.35. The Bertz CT molecular complexity index is 415. The molecule has 1 unspecified atom stereocenters. The van der Waals surface area contributed by atoms with E-state index >= 15 is 0 Å². The Morgan fingerprint density at radius 2 is 2.05 bits per heavy atom. The third-order valence-corrected chi connectivity index (χ3v) is 3.31. The highest BCUT2D eigenvalue weighted by molar-refractivity contribution is 5.56. The number of ether oxygens (including phenoxy) is 2. The van der Waals surface area contributed by atoms with Gasteiger partial charge in [0.2, 0.25) is 0 Å². The molecule has 1 heterocycles. The lowest BCUT2D eigenvalue weighted by Gasteiger charge is -2.36. The van der Waals surface area contributed by atoms with E-state index in [0.29, 0.717) is 6.04 Å². The Morgan fingerprint density at radius 3 is 2.74 bits per heavy atom. The standard InChI is InChI=1S/C16H25NO2/c1-12(2)19-15-8-6-5-7-14(15)17-13-9-10-18-16(3,4)11-13/h5-8,12-13,17H,9-11H2,1-4H3. The summed E-state index contributed by atoms with van der Waals surface area (Å²) in [5.41, 5.74) is 1.04. The second-order valence-corrected chi connectivity index (χ2v) is 6.10. The van der Waals surface area contributed by atoms with E-state index in [9.17, 15) is 0 Å². The summed E-state index contributed by atoms with van der Waals surface area (Å²) in [6, 6.07) is 8.60. The van der Waals surface area contributed by atoms with Crippen LogP contribution in [0.5, 0.6) is 5.75 Å². The van der Waals surface area contributed by atoms with Crippen LogP contribution in [0.2, 0.25) is 0 Å². The molecule has 1 saturated heterocycles. The minimum atomic E-state index is -0.0379. The highest BCUT2D eigenvalue weighted by Gasteiger charge is 2.29. The first kappa shape index (κ1) is 14.2. The Morgan fingerprint density at radius 1 is 1.32 bits per heavy atom. The molecule has 1 fully saturated rings. The topological polar surface area (TPSA) is 30.5 Å². The summed E-state index contributed by atoms with van der Waals surface area (Å²) in [5.74, 6) is 0.932. The van der Waals surface area contributed by atoms with E-state index in [0.717, 1.165) is 30.9 Å². The molecule has 3 heteroatoms. The smallest absolute Gasteiger partial charge is 0.142 e. The molecule has 1 aliphatic heterocycles. The molecule has 3 nitrogen and oxygen atoms in total. The van der Waals surface area contributed by atoms with Crippen molar-refractivity contribution in [2.24, 2.45) is 0 Å². The summed E-state index contributed by atoms with van der Waals surface area (Å²) in [5, 5.41) is 3.61. The minimum Gasteiger partial charge on any atom is -0.489 e. The second-order valence-electron chi connectivity index (χ2n) is 6.10. The largest absolute Gasteiger partial charge is 0.489 e. The van der Waals surface area contributed by atoms with Gasteiger partial charge in [-0.1, -0.05) is 12.1 Å². The van der Waals surface area contributed by atoms with Gasteiger partial charge < -0.3 is 14.8 Å². The van der Waals surface area contributed by atoms with E-state index in [1.807, 2.05) is 32.0 Å². The average molecular weight is 263 g/mol. The molecule has 1 aliphatic rings. The summed E-state index contributed by atoms with van der Waals surface area (Å²) < 4.78 is 11.6. The van der Waals surface area contributed by atoms with E-state index in [1.165, 1.54) is 0 Å². The molecule has 106 valence electrons. The van der Waals surface area contributed by atoms with Gasteiger partial charge in [-0.25, -0.2) is 0 Å². The van der Waals surface area contributed by atoms with Crippen LogP contribution in [0.25, 0.3) is 0 Å². The van der Waals surface area contributed by atoms with Gasteiger partial charge in [0.1, 0.15) is 5.75 Å². The van der Waals surface area contributed by atoms with Crippen molar-refractivity contribution in [1.82, 2.24) is 0 Å². The molecule has 0 amide bonds. The Hall–Kier alpha value is -1.22. The molecule has 1 aromatic rings. The number of hydrogen-bond acceptors (Lipinski definition) is 3. The summed E-state index contributed by atoms with van der Waals surface area (Å²) in [7, 11) is 0. The van der Waals surface area contributed by atoms with Crippen LogP contribution in [0.3, 0.4) is 0 Å². The van der Waals surface area contributed by atoms with E-state index in [2.05, 4.69) is 25.2 Å². The van der Waals surface area contributed by atoms with Gasteiger partial charge in [-0.15, -0.1) is 0 Å². The first-order chi connectivity index (χ1) is 8.96. The zero-order chi connectivity index (χ0) is 13.9. The summed E-state index contributed by atoms with van der Waals surface area (Å²) in [6.45, 7) is 9.22. The Labute approximate surface area is 116 Å². The minimum absolute atomic E-state index is 0.0379. The quantitative estimate of drug-likeness (QED) is 0.895. The number of anilines is 1. The third-order valence-electron chi connectivity index (χ3n) is 3.31. The molecule has 1 atom stereocenters. The maximum atomic E-state index is 5.85. The van der Waals surface area contributed by atoms with Gasteiger partial charge in [0.05, 0.1) is 17.4 Å². The maximum absolute atomic E-state index is 5.85. The highest BCUT2D eigenvalue weighted by Crippen LogP contribution is 2.30. The fourth-order valence-corrected chi connectivity index (χ4v) is 2.52. The van der Waals surface area contributed by atoms with Crippen LogP contribution in [0.15, 0.2) is 24.3 Å². The molecule has 0 radical (unpaired) electrons. The number of para-hydroxylation sites is 2. The molecule has 1 N–H and O–H groups in total. The number of benzene rings is 1. The molecule has 0 bridgehead atoms. The van der Waals surface area contributed by atoms with Gasteiger partial charge in [-0.3, -0.25) is 0 Å². The molecule has 0 aliphatic carbocycles. The first-order valence-electron chi connectivity index (χ1n) is 7.12. The van der Waals surface area contributed by atoms with E-state index in [1.54, 1.807) is 0 Å². The Balaban J connectivity index is 2.06. The lowest BCUT2D eigenvalue weighted by Crippen LogP contribution is -2.40. The zero-order valence-corrected chi connectivity index (χ0v) is 12.4. The molecule has 0 saturated carbocycles. The van der Waals surface area contributed by atoms with Gasteiger partial charge >= 0.3 is 0 Å². The van der Waals surface area contributed by atoms with Crippen LogP contribution in [0, 0.1) is 0 Å². The van der Waals surface area contributed by atoms with E-state index in [-0.39, 0.29) is 11.7 Å². The number of hydrogen-bond donors (Lipinski definition) is 1. The molecule has 2 rings (SSSR count). The first-order valence-corrected chi connectivity index (χ1v) is 7.12. The molecule has 19 heavy (non-hydrogen) atoms. The fraction of sp³-hybridized carbons (Fsp3) is 0.625. The maximum Gasteiger partial charge on any atom is 0.142 e. The van der Waals surface area contributed by atoms with Crippen molar-refractivity contribution in [2.45, 2.75) is 58.3 Å². The van der Waals surface area contributed by atoms with Crippen LogP contribution >= 0.6 is 0 Å². The molecular formula is C16H25NO2. The van der Waals surface area contributed by atoms with Crippen LogP contribution in [-0.4, -0.2) is 24.4 Å². The highest BCUT2D eigenvalue weighted by atomic mass is 16.5. The fourth-order valence-electron chi connectivity index (χ4n) is 2.52. The normalized spacial score (nSPS) is 22.3. The van der Waals surface area contributed by atoms with Crippen molar-refractivity contribution in [3.05, 3.63) is 24.3 Å². The van der Waals surface area contributed by atoms with Crippen molar-refractivity contribution in [2.75, 3.05) is 11.9 Å². The number of rotatable bonds is 4. The molecule has 0 aromatic heterocycles. The van der Waals surface area contributed by atoms with Crippen molar-refractivity contribution in [3.8, 4) is 5.75 Å². The molecule has 0 spiro atoms. The van der Waals surface area contributed by atoms with Crippen molar-refractivity contribution >= 4 is 5.69 Å². The zero-order valence-electron chi connectivity index (χ0n) is 12.4. The summed E-state index contributed by atoms with van der Waals surface area (Å²) in [6.07, 6.45) is 2.25. The van der Waals surface area contributed by atoms with E-state index < -0.39 is 0 Å². The average Bonchev–Trinajstić information content (AvgIpc) is 2.30. The summed E-state index contributed by atoms with van der Waals surface area (Å²) in [4.78, 5) is 0. The molecular weight excluding hydrogens is 238 g/mol. The predicted molar refractivity (Wildman–Crippen MR) is 78.9 cm³/mol. The number of nitrogens with one attached hydrogen (secondary N) is 1. The van der Waals surface area contributed by atoms with Gasteiger partial charge in [0.15, 0.2) is 0 Å². The van der Waals surface area contributed by atoms with Gasteiger partial charge in [0, 0.05) is 12.6 Å². The van der Waals surface area contributed by atoms with Gasteiger partial charge in [0.25, 0.3) is 0 Å². The second kappa shape index (κ2) is 5.83. The predicted octanol–water partition coefficient (Wildman–Crippen LogP) is 3.84. The van der Waals surface area contributed by atoms with Crippen molar-refractivity contribution < 1.29 is 9.47 Å². The SMILES string of the molecule is CC(C)Oc1ccccc1NC1CCOC(C)(C)C1. The lowest BCUT2D eigenvalue weighted by molar-refractivity contribution is -0.0553. The summed E-state index contributed by atoms with van der Waals surface area (Å²) >= 11 is 0. The van der Waals surface area contributed by atoms with Crippen molar-refractivity contribution in [3.63, 3.8) is 0 Å². The van der Waals surface area contributed by atoms with Crippen LogP contribution in [0.1, 0.15) is 40.5 Å². The monoisotopic (exact) mass is 263 g/mol. The van der Waals surface area contributed by atoms with Gasteiger partial charge in [-0.05, 0) is 52.7 Å². The van der Waals surface area contributed by atoms with Gasteiger partial charge in [-0.2, -0.15) is 0 Å². The van der Waals surface area contributed by atoms with Crippen LogP contribution in [0.4, 0.5) is 5.69 Å². The lowest BCUT2D eigenvalue weighted by atomic mass is 9.94. The van der Waals surface area contributed by atoms with Crippen LogP contribution in [-0.2, 0) is 4.74 Å². The van der Waals surface area contributed by atoms with E-state index in [4.69, 9.17) is 9.47 Å².